The van der Waals surface area contributed by atoms with Gasteiger partial charge in [0, 0.05) is 69.8 Å². The minimum Gasteiger partial charge on any atom is -0.497 e. The molecule has 2 atom stereocenters. The SMILES string of the molecule is COc1cccc(C(=O)N2CCC(N3C[C@H](O)C[C@H]3C(=O)N3CCN(c4ncccn4)CC3)CC2)c1. The number of piperidine rings is 1. The average molecular weight is 495 g/mol. The lowest BCUT2D eigenvalue weighted by atomic mass is 10.0. The van der Waals surface area contributed by atoms with Crippen LogP contribution in [0.5, 0.6) is 5.75 Å². The van der Waals surface area contributed by atoms with E-state index < -0.39 is 6.10 Å². The summed E-state index contributed by atoms with van der Waals surface area (Å²) >= 11 is 0. The minimum atomic E-state index is -0.505. The number of carbonyl (C=O) groups is 2. The summed E-state index contributed by atoms with van der Waals surface area (Å²) in [5.41, 5.74) is 0.623. The van der Waals surface area contributed by atoms with Crippen LogP contribution in [0.25, 0.3) is 0 Å². The van der Waals surface area contributed by atoms with Gasteiger partial charge in [-0.15, -0.1) is 0 Å². The Kier molecular flexibility index (Phi) is 7.33. The second kappa shape index (κ2) is 10.8. The Morgan fingerprint density at radius 3 is 2.39 bits per heavy atom. The van der Waals surface area contributed by atoms with E-state index in [9.17, 15) is 14.7 Å². The second-order valence-electron chi connectivity index (χ2n) is 9.72. The second-order valence-corrected chi connectivity index (χ2v) is 9.72. The molecule has 4 heterocycles. The van der Waals surface area contributed by atoms with Crippen LogP contribution in [0.2, 0.25) is 0 Å². The van der Waals surface area contributed by atoms with Gasteiger partial charge in [-0.3, -0.25) is 14.5 Å². The van der Waals surface area contributed by atoms with Crippen LogP contribution in [0.15, 0.2) is 42.7 Å². The van der Waals surface area contributed by atoms with Crippen LogP contribution in [-0.2, 0) is 4.79 Å². The lowest BCUT2D eigenvalue weighted by Gasteiger charge is -2.41. The maximum atomic E-state index is 13.5. The van der Waals surface area contributed by atoms with Crippen LogP contribution >= 0.6 is 0 Å². The van der Waals surface area contributed by atoms with Gasteiger partial charge in [0.05, 0.1) is 19.3 Å². The average Bonchev–Trinajstić information content (AvgIpc) is 3.34. The first-order valence-corrected chi connectivity index (χ1v) is 12.7. The fraction of sp³-hybridized carbons (Fsp3) is 0.538. The first-order chi connectivity index (χ1) is 17.5. The van der Waals surface area contributed by atoms with E-state index in [1.807, 2.05) is 28.0 Å². The summed E-state index contributed by atoms with van der Waals surface area (Å²) in [4.78, 5) is 43.2. The van der Waals surface area contributed by atoms with Gasteiger partial charge in [0.2, 0.25) is 11.9 Å². The molecular formula is C26H34N6O4. The first-order valence-electron chi connectivity index (χ1n) is 12.7. The van der Waals surface area contributed by atoms with Crippen molar-refractivity contribution >= 4 is 17.8 Å². The number of methoxy groups -OCH3 is 1. The van der Waals surface area contributed by atoms with Gasteiger partial charge in [-0.1, -0.05) is 6.07 Å². The number of aliphatic hydroxyl groups excluding tert-OH is 1. The van der Waals surface area contributed by atoms with E-state index in [1.54, 1.807) is 31.6 Å². The summed E-state index contributed by atoms with van der Waals surface area (Å²) in [5.74, 6) is 1.45. The molecule has 5 rings (SSSR count). The van der Waals surface area contributed by atoms with Crippen LogP contribution in [0.3, 0.4) is 0 Å². The number of carbonyl (C=O) groups excluding carboxylic acids is 2. The molecule has 0 bridgehead atoms. The van der Waals surface area contributed by atoms with Crippen LogP contribution < -0.4 is 9.64 Å². The summed E-state index contributed by atoms with van der Waals surface area (Å²) in [5, 5.41) is 10.5. The van der Waals surface area contributed by atoms with Crippen molar-refractivity contribution in [1.82, 2.24) is 24.7 Å². The highest BCUT2D eigenvalue weighted by Gasteiger charge is 2.43. The number of nitrogens with zero attached hydrogens (tertiary/aromatic N) is 6. The molecule has 0 aliphatic carbocycles. The highest BCUT2D eigenvalue weighted by atomic mass is 16.5. The van der Waals surface area contributed by atoms with Gasteiger partial charge >= 0.3 is 0 Å². The van der Waals surface area contributed by atoms with Crippen molar-refractivity contribution in [3.8, 4) is 5.75 Å². The molecule has 3 aliphatic heterocycles. The zero-order chi connectivity index (χ0) is 25.1. The third-order valence-electron chi connectivity index (χ3n) is 7.57. The number of aliphatic hydroxyl groups is 1. The Morgan fingerprint density at radius 1 is 0.972 bits per heavy atom. The summed E-state index contributed by atoms with van der Waals surface area (Å²) in [6.45, 7) is 4.37. The zero-order valence-corrected chi connectivity index (χ0v) is 20.7. The van der Waals surface area contributed by atoms with Crippen LogP contribution in [-0.4, -0.2) is 113 Å². The molecule has 1 N–H and O–H groups in total. The number of hydrogen-bond donors (Lipinski definition) is 1. The van der Waals surface area contributed by atoms with Crippen molar-refractivity contribution in [2.24, 2.45) is 0 Å². The Bertz CT molecular complexity index is 1050. The van der Waals surface area contributed by atoms with Crippen molar-refractivity contribution < 1.29 is 19.4 Å². The van der Waals surface area contributed by atoms with Crippen molar-refractivity contribution in [2.45, 2.75) is 37.5 Å². The predicted octanol–water partition coefficient (Wildman–Crippen LogP) is 0.874. The Morgan fingerprint density at radius 2 is 1.69 bits per heavy atom. The number of anilines is 1. The van der Waals surface area contributed by atoms with Crippen molar-refractivity contribution in [1.29, 1.82) is 0 Å². The monoisotopic (exact) mass is 494 g/mol. The molecule has 3 fully saturated rings. The number of benzene rings is 1. The molecule has 192 valence electrons. The number of likely N-dealkylation sites (tertiary alicyclic amines) is 2. The zero-order valence-electron chi connectivity index (χ0n) is 20.7. The van der Waals surface area contributed by atoms with E-state index in [2.05, 4.69) is 19.8 Å². The van der Waals surface area contributed by atoms with E-state index in [1.165, 1.54) is 0 Å². The summed E-state index contributed by atoms with van der Waals surface area (Å²) < 4.78 is 5.25. The van der Waals surface area contributed by atoms with Gasteiger partial charge in [-0.05, 0) is 43.5 Å². The molecule has 0 unspecified atom stereocenters. The van der Waals surface area contributed by atoms with E-state index in [4.69, 9.17) is 4.74 Å². The maximum Gasteiger partial charge on any atom is 0.253 e. The molecule has 1 aromatic heterocycles. The summed E-state index contributed by atoms with van der Waals surface area (Å²) in [6.07, 6.45) is 4.98. The standard InChI is InChI=1S/C26H34N6O4/c1-36-22-5-2-4-19(16-22)24(34)29-10-6-20(7-11-29)32-18-21(33)17-23(32)25(35)30-12-14-31(15-13-30)26-27-8-3-9-28-26/h2-5,8-9,16,20-21,23,33H,6-7,10-15,17-18H2,1H3/t21-,23+/m1/s1. The quantitative estimate of drug-likeness (QED) is 0.654. The third-order valence-corrected chi connectivity index (χ3v) is 7.57. The molecule has 2 amide bonds. The number of β-amino-alcohol motifs (C(OH)–C–C–N with tert-alkyl or cyclic N) is 1. The lowest BCUT2D eigenvalue weighted by Crippen LogP contribution is -2.56. The third kappa shape index (κ3) is 5.15. The highest BCUT2D eigenvalue weighted by molar-refractivity contribution is 5.94. The van der Waals surface area contributed by atoms with E-state index in [0.29, 0.717) is 69.5 Å². The van der Waals surface area contributed by atoms with Gasteiger partial charge in [0.25, 0.3) is 5.91 Å². The maximum absolute atomic E-state index is 13.5. The van der Waals surface area contributed by atoms with E-state index in [0.717, 1.165) is 12.8 Å². The van der Waals surface area contributed by atoms with Gasteiger partial charge in [0.15, 0.2) is 0 Å². The number of rotatable bonds is 5. The smallest absolute Gasteiger partial charge is 0.253 e. The first kappa shape index (κ1) is 24.5. The van der Waals surface area contributed by atoms with Crippen molar-refractivity contribution in [3.05, 3.63) is 48.3 Å². The summed E-state index contributed by atoms with van der Waals surface area (Å²) in [7, 11) is 1.59. The minimum absolute atomic E-state index is 0.00157. The topological polar surface area (TPSA) is 102 Å². The Balaban J connectivity index is 1.17. The van der Waals surface area contributed by atoms with Gasteiger partial charge < -0.3 is 24.5 Å². The van der Waals surface area contributed by atoms with Crippen molar-refractivity contribution in [2.75, 3.05) is 57.8 Å². The molecule has 2 aromatic rings. The number of amides is 2. The largest absolute Gasteiger partial charge is 0.497 e. The van der Waals surface area contributed by atoms with E-state index in [-0.39, 0.29) is 23.9 Å². The normalized spacial score (nSPS) is 23.7. The number of aromatic nitrogens is 2. The fourth-order valence-electron chi connectivity index (χ4n) is 5.62. The number of hydrogen-bond acceptors (Lipinski definition) is 8. The van der Waals surface area contributed by atoms with Crippen LogP contribution in [0.4, 0.5) is 5.95 Å². The summed E-state index contributed by atoms with van der Waals surface area (Å²) in [6, 6.07) is 8.88. The number of ether oxygens (including phenoxy) is 1. The molecule has 3 aliphatic rings. The molecular weight excluding hydrogens is 460 g/mol. The van der Waals surface area contributed by atoms with Crippen LogP contribution in [0, 0.1) is 0 Å². The molecule has 10 nitrogen and oxygen atoms in total. The van der Waals surface area contributed by atoms with Gasteiger partial charge in [-0.25, -0.2) is 9.97 Å². The van der Waals surface area contributed by atoms with Crippen molar-refractivity contribution in [3.63, 3.8) is 0 Å². The molecule has 3 saturated heterocycles. The predicted molar refractivity (Wildman–Crippen MR) is 134 cm³/mol. The lowest BCUT2D eigenvalue weighted by molar-refractivity contribution is -0.137. The molecule has 1 aromatic carbocycles. The molecule has 10 heteroatoms. The van der Waals surface area contributed by atoms with Crippen LogP contribution in [0.1, 0.15) is 29.6 Å². The molecule has 0 spiro atoms. The van der Waals surface area contributed by atoms with Gasteiger partial charge in [-0.2, -0.15) is 0 Å². The fourth-order valence-corrected chi connectivity index (χ4v) is 5.62. The van der Waals surface area contributed by atoms with E-state index >= 15 is 0 Å². The number of piperazine rings is 1. The molecule has 0 radical (unpaired) electrons. The Labute approximate surface area is 211 Å². The highest BCUT2D eigenvalue weighted by Crippen LogP contribution is 2.29. The molecule has 0 saturated carbocycles. The molecule has 36 heavy (non-hydrogen) atoms. The van der Waals surface area contributed by atoms with Gasteiger partial charge in [0.1, 0.15) is 5.75 Å². The Hall–Kier alpha value is -3.24.